The minimum atomic E-state index is -0.963. The summed E-state index contributed by atoms with van der Waals surface area (Å²) in [5.41, 5.74) is 5.96. The van der Waals surface area contributed by atoms with E-state index in [9.17, 15) is 19.5 Å². The highest BCUT2D eigenvalue weighted by atomic mass is 16.5. The molecule has 258 valence electrons. The van der Waals surface area contributed by atoms with Crippen molar-refractivity contribution < 1.29 is 29.3 Å². The van der Waals surface area contributed by atoms with E-state index in [-0.39, 0.29) is 25.4 Å². The van der Waals surface area contributed by atoms with Crippen LogP contribution in [-0.2, 0) is 14.3 Å². The number of nitrogens with one attached hydrogen (secondary N) is 4. The number of carboxylic acids is 1. The van der Waals surface area contributed by atoms with Gasteiger partial charge >= 0.3 is 12.1 Å². The van der Waals surface area contributed by atoms with Crippen molar-refractivity contribution in [1.29, 1.82) is 0 Å². The molecule has 0 saturated carbocycles. The van der Waals surface area contributed by atoms with Crippen molar-refractivity contribution in [1.82, 2.24) is 21.3 Å². The zero-order valence-electron chi connectivity index (χ0n) is 27.6. The first kappa shape index (κ1) is 41.8. The van der Waals surface area contributed by atoms with Crippen molar-refractivity contribution in [2.45, 2.75) is 135 Å². The van der Waals surface area contributed by atoms with E-state index in [0.717, 1.165) is 64.7 Å². The number of alkyl carbamates (subject to hydrolysis) is 1. The number of aliphatic hydroxyl groups excluding tert-OH is 1. The molecular weight excluding hydrogens is 562 g/mol. The van der Waals surface area contributed by atoms with Crippen LogP contribution in [0.3, 0.4) is 0 Å². The van der Waals surface area contributed by atoms with Gasteiger partial charge in [0.1, 0.15) is 6.61 Å². The van der Waals surface area contributed by atoms with Crippen LogP contribution in [0.1, 0.15) is 122 Å². The SMILES string of the molecule is CCCCCCCCCCCCC/C=C/[C@@H](O)[C@@H](N)COC(=O)NCCCNCCCCNCCCNC(=O)CCC(=O)O. The Hall–Kier alpha value is -2.21. The fraction of sp³-hybridized carbons (Fsp3) is 0.848. The molecule has 8 N–H and O–H groups in total. The van der Waals surface area contributed by atoms with Crippen molar-refractivity contribution in [3.05, 3.63) is 12.2 Å². The average molecular weight is 628 g/mol. The Bertz CT molecular complexity index is 725. The van der Waals surface area contributed by atoms with Gasteiger partial charge in [0.15, 0.2) is 0 Å². The van der Waals surface area contributed by atoms with Crippen molar-refractivity contribution in [2.75, 3.05) is 45.9 Å². The number of aliphatic carboxylic acids is 1. The van der Waals surface area contributed by atoms with Crippen LogP contribution >= 0.6 is 0 Å². The van der Waals surface area contributed by atoms with E-state index in [1.54, 1.807) is 6.08 Å². The summed E-state index contributed by atoms with van der Waals surface area (Å²) in [6.07, 6.45) is 21.2. The Balaban J connectivity index is 3.48. The van der Waals surface area contributed by atoms with Crippen molar-refractivity contribution in [3.8, 4) is 0 Å². The minimum absolute atomic E-state index is 0.0211. The average Bonchev–Trinajstić information content (AvgIpc) is 3.01. The summed E-state index contributed by atoms with van der Waals surface area (Å²) in [7, 11) is 0. The number of carboxylic acid groups (broad SMARTS) is 1. The lowest BCUT2D eigenvalue weighted by Gasteiger charge is -2.16. The molecule has 0 radical (unpaired) electrons. The molecule has 0 heterocycles. The topological polar surface area (TPSA) is 175 Å². The Morgan fingerprint density at radius 3 is 1.80 bits per heavy atom. The molecule has 0 aromatic heterocycles. The molecule has 11 heteroatoms. The number of carbonyl (C=O) groups excluding carboxylic acids is 2. The van der Waals surface area contributed by atoms with Crippen molar-refractivity contribution >= 4 is 18.0 Å². The van der Waals surface area contributed by atoms with Gasteiger partial charge < -0.3 is 42.0 Å². The molecule has 2 amide bonds. The highest BCUT2D eigenvalue weighted by molar-refractivity contribution is 5.80. The summed E-state index contributed by atoms with van der Waals surface area (Å²) < 4.78 is 5.14. The van der Waals surface area contributed by atoms with E-state index in [0.29, 0.717) is 13.1 Å². The second-order valence-corrected chi connectivity index (χ2v) is 11.6. The summed E-state index contributed by atoms with van der Waals surface area (Å²) >= 11 is 0. The Labute approximate surface area is 266 Å². The number of carbonyl (C=O) groups is 3. The van der Waals surface area contributed by atoms with E-state index in [1.165, 1.54) is 64.2 Å². The lowest BCUT2D eigenvalue weighted by atomic mass is 10.0. The normalized spacial score (nSPS) is 12.7. The number of nitrogens with two attached hydrogens (primary N) is 1. The number of rotatable bonds is 32. The molecule has 44 heavy (non-hydrogen) atoms. The van der Waals surface area contributed by atoms with Gasteiger partial charge in [-0.2, -0.15) is 0 Å². The molecule has 0 aliphatic rings. The number of amides is 2. The van der Waals surface area contributed by atoms with Gasteiger partial charge in [0, 0.05) is 19.5 Å². The van der Waals surface area contributed by atoms with Gasteiger partial charge in [-0.15, -0.1) is 0 Å². The number of ether oxygens (including phenoxy) is 1. The molecule has 0 bridgehead atoms. The molecule has 0 aromatic rings. The first-order chi connectivity index (χ1) is 21.4. The molecule has 0 aromatic carbocycles. The summed E-state index contributed by atoms with van der Waals surface area (Å²) in [5, 5.41) is 30.8. The zero-order chi connectivity index (χ0) is 32.5. The van der Waals surface area contributed by atoms with E-state index in [1.807, 2.05) is 6.08 Å². The van der Waals surface area contributed by atoms with Crippen LogP contribution in [0.2, 0.25) is 0 Å². The van der Waals surface area contributed by atoms with Gasteiger partial charge in [0.25, 0.3) is 0 Å². The molecule has 0 saturated heterocycles. The number of hydrogen-bond donors (Lipinski definition) is 7. The molecule has 0 fully saturated rings. The maximum Gasteiger partial charge on any atom is 0.407 e. The number of aliphatic hydroxyl groups is 1. The zero-order valence-corrected chi connectivity index (χ0v) is 27.6. The smallest absolute Gasteiger partial charge is 0.407 e. The van der Waals surface area contributed by atoms with E-state index in [4.69, 9.17) is 15.6 Å². The van der Waals surface area contributed by atoms with Crippen LogP contribution in [0.25, 0.3) is 0 Å². The maximum absolute atomic E-state index is 11.9. The Morgan fingerprint density at radius 1 is 0.705 bits per heavy atom. The third-order valence-electron chi connectivity index (χ3n) is 7.33. The van der Waals surface area contributed by atoms with E-state index >= 15 is 0 Å². The third kappa shape index (κ3) is 31.2. The van der Waals surface area contributed by atoms with Crippen molar-refractivity contribution in [3.63, 3.8) is 0 Å². The van der Waals surface area contributed by atoms with Gasteiger partial charge in [0.05, 0.1) is 18.6 Å². The molecular formula is C33H65N5O6. The molecule has 0 rings (SSSR count). The van der Waals surface area contributed by atoms with Crippen LogP contribution in [0.4, 0.5) is 4.79 Å². The Morgan fingerprint density at radius 2 is 1.23 bits per heavy atom. The summed E-state index contributed by atoms with van der Waals surface area (Å²) in [6, 6.07) is -0.651. The lowest BCUT2D eigenvalue weighted by molar-refractivity contribution is -0.138. The quantitative estimate of drug-likeness (QED) is 0.0422. The molecule has 0 unspecified atom stereocenters. The van der Waals surface area contributed by atoms with Crippen LogP contribution in [0.15, 0.2) is 12.2 Å². The summed E-state index contributed by atoms with van der Waals surface area (Å²) in [5.74, 6) is -1.19. The number of unbranched alkanes of at least 4 members (excludes halogenated alkanes) is 12. The number of allylic oxidation sites excluding steroid dienone is 1. The first-order valence-electron chi connectivity index (χ1n) is 17.3. The van der Waals surface area contributed by atoms with Crippen molar-refractivity contribution in [2.24, 2.45) is 5.73 Å². The first-order valence-corrected chi connectivity index (χ1v) is 17.3. The summed E-state index contributed by atoms with van der Waals surface area (Å²) in [6.45, 7) is 6.63. The van der Waals surface area contributed by atoms with Gasteiger partial charge in [0.2, 0.25) is 5.91 Å². The minimum Gasteiger partial charge on any atom is -0.481 e. The van der Waals surface area contributed by atoms with Crippen LogP contribution < -0.4 is 27.0 Å². The standard InChI is InChI=1S/C33H65N5O6/c1-2-3-4-5-6-7-8-9-10-11-12-13-14-19-30(39)29(34)28-44-33(43)38-27-18-25-36-23-16-15-22-35-24-17-26-37-31(40)20-21-32(41)42/h14,19,29-30,35-36,39H,2-13,15-18,20-28,34H2,1H3,(H,37,40)(H,38,43)(H,41,42)/b19-14+/t29-,30+/m0/s1. The van der Waals surface area contributed by atoms with Gasteiger partial charge in [-0.3, -0.25) is 9.59 Å². The predicted molar refractivity (Wildman–Crippen MR) is 178 cm³/mol. The van der Waals surface area contributed by atoms with E-state index < -0.39 is 24.2 Å². The molecule has 0 spiro atoms. The Kier molecular flexibility index (Phi) is 30.6. The van der Waals surface area contributed by atoms with Crippen LogP contribution in [0, 0.1) is 0 Å². The predicted octanol–water partition coefficient (Wildman–Crippen LogP) is 4.38. The monoisotopic (exact) mass is 627 g/mol. The molecule has 0 aliphatic carbocycles. The van der Waals surface area contributed by atoms with Crippen LogP contribution in [0.5, 0.6) is 0 Å². The van der Waals surface area contributed by atoms with Gasteiger partial charge in [-0.05, 0) is 64.7 Å². The highest BCUT2D eigenvalue weighted by Gasteiger charge is 2.14. The van der Waals surface area contributed by atoms with Gasteiger partial charge in [-0.25, -0.2) is 4.79 Å². The molecule has 11 nitrogen and oxygen atoms in total. The number of hydrogen-bond acceptors (Lipinski definition) is 8. The second kappa shape index (κ2) is 32.2. The maximum atomic E-state index is 11.9. The lowest BCUT2D eigenvalue weighted by Crippen LogP contribution is -2.40. The highest BCUT2D eigenvalue weighted by Crippen LogP contribution is 2.12. The van der Waals surface area contributed by atoms with E-state index in [2.05, 4.69) is 28.2 Å². The third-order valence-corrected chi connectivity index (χ3v) is 7.33. The fourth-order valence-corrected chi connectivity index (χ4v) is 4.53. The largest absolute Gasteiger partial charge is 0.481 e. The summed E-state index contributed by atoms with van der Waals surface area (Å²) in [4.78, 5) is 33.7. The van der Waals surface area contributed by atoms with Gasteiger partial charge in [-0.1, -0.05) is 83.3 Å². The van der Waals surface area contributed by atoms with Crippen LogP contribution in [-0.4, -0.2) is 86.2 Å². The fourth-order valence-electron chi connectivity index (χ4n) is 4.53. The molecule has 2 atom stereocenters. The second-order valence-electron chi connectivity index (χ2n) is 11.6. The molecule has 0 aliphatic heterocycles.